The highest BCUT2D eigenvalue weighted by atomic mass is 14.9. The molecular weight excluding hydrogens is 182 g/mol. The second kappa shape index (κ2) is 4.80. The number of hydrogen-bond donors (Lipinski definition) is 1. The van der Waals surface area contributed by atoms with E-state index in [1.165, 1.54) is 19.3 Å². The van der Waals surface area contributed by atoms with E-state index in [1.54, 1.807) is 11.1 Å². The van der Waals surface area contributed by atoms with Gasteiger partial charge in [-0.2, -0.15) is 0 Å². The molecule has 15 heavy (non-hydrogen) atoms. The van der Waals surface area contributed by atoms with Crippen LogP contribution < -0.4 is 5.32 Å². The van der Waals surface area contributed by atoms with Crippen LogP contribution in [0.25, 0.3) is 0 Å². The van der Waals surface area contributed by atoms with Crippen LogP contribution in [0.2, 0.25) is 0 Å². The van der Waals surface area contributed by atoms with Gasteiger partial charge in [-0.25, -0.2) is 0 Å². The molecule has 1 aromatic rings. The summed E-state index contributed by atoms with van der Waals surface area (Å²) in [4.78, 5) is 0. The van der Waals surface area contributed by atoms with Crippen molar-refractivity contribution in [2.75, 3.05) is 6.54 Å². The lowest BCUT2D eigenvalue weighted by molar-refractivity contribution is 0.343. The third kappa shape index (κ3) is 2.40. The Balaban J connectivity index is 2.05. The van der Waals surface area contributed by atoms with Crippen LogP contribution in [0, 0.1) is 5.92 Å². The number of benzene rings is 1. The molecule has 2 atom stereocenters. The number of hydrogen-bond acceptors (Lipinski definition) is 1. The summed E-state index contributed by atoms with van der Waals surface area (Å²) < 4.78 is 0. The monoisotopic (exact) mass is 203 g/mol. The van der Waals surface area contributed by atoms with Crippen molar-refractivity contribution in [1.29, 1.82) is 0 Å². The highest BCUT2D eigenvalue weighted by molar-refractivity contribution is 5.29. The zero-order chi connectivity index (χ0) is 10.7. The fourth-order valence-corrected chi connectivity index (χ4v) is 2.64. The molecule has 0 aliphatic heterocycles. The fraction of sp³-hybridized carbons (Fsp3) is 0.571. The van der Waals surface area contributed by atoms with E-state index in [1.807, 2.05) is 0 Å². The van der Waals surface area contributed by atoms with Crippen LogP contribution in [-0.2, 0) is 12.8 Å². The van der Waals surface area contributed by atoms with E-state index in [0.29, 0.717) is 6.04 Å². The van der Waals surface area contributed by atoms with Gasteiger partial charge in [0.2, 0.25) is 0 Å². The Bertz CT molecular complexity index is 319. The number of aryl methyl sites for hydroxylation is 1. The van der Waals surface area contributed by atoms with E-state index in [-0.39, 0.29) is 0 Å². The molecule has 0 heterocycles. The Labute approximate surface area is 92.9 Å². The number of rotatable bonds is 3. The van der Waals surface area contributed by atoms with Gasteiger partial charge in [-0.3, -0.25) is 0 Å². The third-order valence-corrected chi connectivity index (χ3v) is 3.62. The average Bonchev–Trinajstić information content (AvgIpc) is 2.29. The smallest absolute Gasteiger partial charge is 0.00701 e. The molecule has 0 fully saturated rings. The molecule has 1 N–H and O–H groups in total. The molecule has 0 radical (unpaired) electrons. The maximum atomic E-state index is 3.55. The van der Waals surface area contributed by atoms with Gasteiger partial charge >= 0.3 is 0 Å². The maximum Gasteiger partial charge on any atom is 0.00701 e. The summed E-state index contributed by atoms with van der Waals surface area (Å²) >= 11 is 0. The molecule has 0 bridgehead atoms. The average molecular weight is 203 g/mol. The number of nitrogens with one attached hydrogen (secondary N) is 1. The topological polar surface area (TPSA) is 12.0 Å². The zero-order valence-electron chi connectivity index (χ0n) is 9.79. The lowest BCUT2D eigenvalue weighted by Crippen LogP contribution is -2.36. The highest BCUT2D eigenvalue weighted by Crippen LogP contribution is 2.27. The summed E-state index contributed by atoms with van der Waals surface area (Å²) in [7, 11) is 0. The molecule has 1 heteroatoms. The predicted molar refractivity (Wildman–Crippen MR) is 65.1 cm³/mol. The molecular formula is C14H21N. The van der Waals surface area contributed by atoms with E-state index >= 15 is 0 Å². The van der Waals surface area contributed by atoms with Gasteiger partial charge in [-0.05, 0) is 49.8 Å². The van der Waals surface area contributed by atoms with E-state index in [9.17, 15) is 0 Å². The third-order valence-electron chi connectivity index (χ3n) is 3.62. The van der Waals surface area contributed by atoms with Gasteiger partial charge in [0, 0.05) is 6.04 Å². The first-order valence-electron chi connectivity index (χ1n) is 6.11. The minimum atomic E-state index is 0.656. The van der Waals surface area contributed by atoms with Gasteiger partial charge in [0.15, 0.2) is 0 Å². The van der Waals surface area contributed by atoms with Crippen LogP contribution in [0.15, 0.2) is 24.3 Å². The SMILES string of the molecule is CCNC(C)C1CCc2ccccc2C1. The maximum absolute atomic E-state index is 3.55. The first-order chi connectivity index (χ1) is 7.31. The van der Waals surface area contributed by atoms with Crippen LogP contribution in [0.5, 0.6) is 0 Å². The van der Waals surface area contributed by atoms with Crippen LogP contribution in [0.1, 0.15) is 31.4 Å². The Hall–Kier alpha value is -0.820. The normalized spacial score (nSPS) is 22.1. The van der Waals surface area contributed by atoms with E-state index in [2.05, 4.69) is 43.4 Å². The summed E-state index contributed by atoms with van der Waals surface area (Å²) in [6, 6.07) is 9.55. The summed E-state index contributed by atoms with van der Waals surface area (Å²) in [6.07, 6.45) is 3.85. The molecule has 1 aromatic carbocycles. The molecule has 0 aromatic heterocycles. The van der Waals surface area contributed by atoms with Gasteiger partial charge in [0.25, 0.3) is 0 Å². The van der Waals surface area contributed by atoms with E-state index in [4.69, 9.17) is 0 Å². The lowest BCUT2D eigenvalue weighted by atomic mass is 9.80. The Morgan fingerprint density at radius 1 is 1.33 bits per heavy atom. The van der Waals surface area contributed by atoms with E-state index in [0.717, 1.165) is 12.5 Å². The van der Waals surface area contributed by atoms with Crippen LogP contribution in [0.3, 0.4) is 0 Å². The van der Waals surface area contributed by atoms with Crippen molar-refractivity contribution >= 4 is 0 Å². The summed E-state index contributed by atoms with van der Waals surface area (Å²) in [5.41, 5.74) is 3.14. The predicted octanol–water partition coefficient (Wildman–Crippen LogP) is 2.79. The van der Waals surface area contributed by atoms with Gasteiger partial charge in [0.05, 0.1) is 0 Å². The van der Waals surface area contributed by atoms with Crippen LogP contribution >= 0.6 is 0 Å². The van der Waals surface area contributed by atoms with Crippen molar-refractivity contribution in [2.24, 2.45) is 5.92 Å². The first kappa shape index (κ1) is 10.7. The minimum absolute atomic E-state index is 0.656. The lowest BCUT2D eigenvalue weighted by Gasteiger charge is -2.29. The summed E-state index contributed by atoms with van der Waals surface area (Å²) in [5, 5.41) is 3.55. The van der Waals surface area contributed by atoms with Gasteiger partial charge in [0.1, 0.15) is 0 Å². The molecule has 2 unspecified atom stereocenters. The second-order valence-electron chi connectivity index (χ2n) is 4.62. The van der Waals surface area contributed by atoms with Crippen molar-refractivity contribution in [3.63, 3.8) is 0 Å². The quantitative estimate of drug-likeness (QED) is 0.796. The Morgan fingerprint density at radius 3 is 2.80 bits per heavy atom. The van der Waals surface area contributed by atoms with Crippen LogP contribution in [0.4, 0.5) is 0 Å². The Kier molecular flexibility index (Phi) is 3.42. The summed E-state index contributed by atoms with van der Waals surface area (Å²) in [6.45, 7) is 5.59. The number of fused-ring (bicyclic) bond motifs is 1. The fourth-order valence-electron chi connectivity index (χ4n) is 2.64. The molecule has 82 valence electrons. The molecule has 1 aliphatic rings. The second-order valence-corrected chi connectivity index (χ2v) is 4.62. The zero-order valence-corrected chi connectivity index (χ0v) is 9.79. The molecule has 1 aliphatic carbocycles. The van der Waals surface area contributed by atoms with Crippen molar-refractivity contribution in [1.82, 2.24) is 5.32 Å². The van der Waals surface area contributed by atoms with Crippen molar-refractivity contribution in [2.45, 2.75) is 39.2 Å². The van der Waals surface area contributed by atoms with Crippen molar-refractivity contribution in [3.8, 4) is 0 Å². The summed E-state index contributed by atoms with van der Waals surface area (Å²) in [5.74, 6) is 0.819. The van der Waals surface area contributed by atoms with Crippen LogP contribution in [-0.4, -0.2) is 12.6 Å². The Morgan fingerprint density at radius 2 is 2.07 bits per heavy atom. The molecule has 0 saturated carbocycles. The molecule has 0 spiro atoms. The molecule has 0 amide bonds. The van der Waals surface area contributed by atoms with Crippen molar-refractivity contribution in [3.05, 3.63) is 35.4 Å². The first-order valence-corrected chi connectivity index (χ1v) is 6.11. The highest BCUT2D eigenvalue weighted by Gasteiger charge is 2.22. The molecule has 1 nitrogen and oxygen atoms in total. The molecule has 2 rings (SSSR count). The van der Waals surface area contributed by atoms with Gasteiger partial charge < -0.3 is 5.32 Å². The van der Waals surface area contributed by atoms with Crippen molar-refractivity contribution < 1.29 is 0 Å². The standard InChI is InChI=1S/C14H21N/c1-3-15-11(2)13-9-8-12-6-4-5-7-14(12)10-13/h4-7,11,13,15H,3,8-10H2,1-2H3. The van der Waals surface area contributed by atoms with Gasteiger partial charge in [-0.15, -0.1) is 0 Å². The molecule has 0 saturated heterocycles. The minimum Gasteiger partial charge on any atom is -0.314 e. The van der Waals surface area contributed by atoms with E-state index < -0.39 is 0 Å². The largest absolute Gasteiger partial charge is 0.314 e. The van der Waals surface area contributed by atoms with Gasteiger partial charge in [-0.1, -0.05) is 31.2 Å².